The molecule has 1 aliphatic carbocycles. The van der Waals surface area contributed by atoms with Crippen molar-refractivity contribution in [1.82, 2.24) is 20.6 Å². The fourth-order valence-electron chi connectivity index (χ4n) is 3.90. The Morgan fingerprint density at radius 3 is 2.35 bits per heavy atom. The van der Waals surface area contributed by atoms with Gasteiger partial charge in [0.25, 0.3) is 21.7 Å². The molecule has 3 N–H and O–H groups in total. The van der Waals surface area contributed by atoms with Crippen LogP contribution in [0.4, 0.5) is 11.6 Å². The fourth-order valence-corrected chi connectivity index (χ4v) is 4.84. The van der Waals surface area contributed by atoms with Crippen molar-refractivity contribution >= 4 is 27.6 Å². The number of anilines is 1. The molecule has 1 fully saturated rings. The number of aromatic amines is 1. The molecule has 160 valence electrons. The quantitative estimate of drug-likeness (QED) is 0.361. The number of nitrogens with zero attached hydrogens (tertiary/aromatic N) is 4. The predicted molar refractivity (Wildman–Crippen MR) is 106 cm³/mol. The number of rotatable bonds is 7. The average Bonchev–Trinajstić information content (AvgIpc) is 3.20. The lowest BCUT2D eigenvalue weighted by Crippen LogP contribution is -2.49. The lowest BCUT2D eigenvalue weighted by Gasteiger charge is -2.47. The number of aliphatic carboxylic acids is 1. The molecular weight excluding hydrogens is 428 g/mol. The van der Waals surface area contributed by atoms with Gasteiger partial charge >= 0.3 is 5.97 Å². The second-order valence-corrected chi connectivity index (χ2v) is 8.76. The van der Waals surface area contributed by atoms with E-state index in [4.69, 9.17) is 0 Å². The number of non-ortho nitro benzene ring substituents is 1. The Morgan fingerprint density at radius 2 is 1.87 bits per heavy atom. The Morgan fingerprint density at radius 1 is 1.19 bits per heavy atom. The van der Waals surface area contributed by atoms with Gasteiger partial charge in [0.15, 0.2) is 0 Å². The van der Waals surface area contributed by atoms with E-state index in [1.807, 2.05) is 0 Å². The number of benzene rings is 2. The number of sulfonamides is 1. The van der Waals surface area contributed by atoms with Gasteiger partial charge in [-0.25, -0.2) is 13.1 Å². The minimum atomic E-state index is -3.94. The van der Waals surface area contributed by atoms with Crippen molar-refractivity contribution < 1.29 is 23.2 Å². The summed E-state index contributed by atoms with van der Waals surface area (Å²) in [5.74, 6) is -1.65. The number of carbonyl (C=O) groups is 1. The summed E-state index contributed by atoms with van der Waals surface area (Å²) in [5, 5.41) is 33.4. The zero-order chi connectivity index (χ0) is 22.2. The van der Waals surface area contributed by atoms with Crippen LogP contribution < -0.4 is 4.72 Å². The molecule has 3 aromatic rings. The molecule has 0 saturated heterocycles. The highest BCUT2D eigenvalue weighted by molar-refractivity contribution is 7.92. The van der Waals surface area contributed by atoms with E-state index < -0.39 is 32.2 Å². The maximum atomic E-state index is 12.4. The Hall–Kier alpha value is -3.87. The minimum Gasteiger partial charge on any atom is -0.481 e. The van der Waals surface area contributed by atoms with Crippen LogP contribution in [0.1, 0.15) is 29.9 Å². The number of aromatic nitrogens is 4. The Labute approximate surface area is 175 Å². The molecule has 0 radical (unpaired) electrons. The van der Waals surface area contributed by atoms with Crippen molar-refractivity contribution in [3.63, 3.8) is 0 Å². The van der Waals surface area contributed by atoms with Crippen molar-refractivity contribution in [2.75, 3.05) is 4.72 Å². The first kappa shape index (κ1) is 20.4. The van der Waals surface area contributed by atoms with E-state index in [2.05, 4.69) is 25.3 Å². The molecule has 1 aliphatic rings. The number of hydrogen-bond donors (Lipinski definition) is 3. The standard InChI is InChI=1S/C18H16N6O6S/c25-16(26)18(12-3-5-13(6-4-12)24(27)28)10-9-15(18)11-1-7-14(8-2-11)31(29,30)21-17-19-22-23-20-17/h1-8,15H,9-10H2,(H,25,26)(H2,19,20,21,22,23). The Kier molecular flexibility index (Phi) is 4.89. The number of carboxylic acid groups (broad SMARTS) is 1. The van der Waals surface area contributed by atoms with Crippen LogP contribution in [-0.2, 0) is 20.2 Å². The molecular formula is C18H16N6O6S. The molecule has 13 heteroatoms. The number of hydrogen-bond acceptors (Lipinski definition) is 8. The van der Waals surface area contributed by atoms with Gasteiger partial charge in [0, 0.05) is 18.1 Å². The van der Waals surface area contributed by atoms with Crippen LogP contribution >= 0.6 is 0 Å². The predicted octanol–water partition coefficient (Wildman–Crippen LogP) is 1.81. The fraction of sp³-hybridized carbons (Fsp3) is 0.222. The highest BCUT2D eigenvalue weighted by Gasteiger charge is 2.54. The van der Waals surface area contributed by atoms with E-state index in [-0.39, 0.29) is 16.5 Å². The monoisotopic (exact) mass is 444 g/mol. The summed E-state index contributed by atoms with van der Waals surface area (Å²) in [5.41, 5.74) is -0.232. The van der Waals surface area contributed by atoms with E-state index in [1.165, 1.54) is 36.4 Å². The number of nitrogens with one attached hydrogen (secondary N) is 2. The van der Waals surface area contributed by atoms with E-state index in [0.29, 0.717) is 24.0 Å². The van der Waals surface area contributed by atoms with Gasteiger partial charge in [-0.1, -0.05) is 29.4 Å². The maximum absolute atomic E-state index is 12.4. The molecule has 2 aromatic carbocycles. The van der Waals surface area contributed by atoms with Crippen molar-refractivity contribution in [2.24, 2.45) is 0 Å². The SMILES string of the molecule is O=C(O)C1(c2ccc([N+](=O)[O-])cc2)CCC1c1ccc(S(=O)(=O)Nc2nn[nH]n2)cc1. The molecule has 0 amide bonds. The highest BCUT2D eigenvalue weighted by atomic mass is 32.2. The second-order valence-electron chi connectivity index (χ2n) is 7.08. The summed E-state index contributed by atoms with van der Waals surface area (Å²) < 4.78 is 27.0. The summed E-state index contributed by atoms with van der Waals surface area (Å²) in [6.07, 6.45) is 0.945. The minimum absolute atomic E-state index is 0.0448. The first-order chi connectivity index (χ1) is 14.7. The van der Waals surface area contributed by atoms with Crippen LogP contribution in [0.2, 0.25) is 0 Å². The maximum Gasteiger partial charge on any atom is 0.314 e. The van der Waals surface area contributed by atoms with Gasteiger partial charge in [-0.3, -0.25) is 14.9 Å². The Balaban J connectivity index is 1.62. The molecule has 4 rings (SSSR count). The summed E-state index contributed by atoms with van der Waals surface area (Å²) in [4.78, 5) is 22.6. The molecule has 1 aromatic heterocycles. The van der Waals surface area contributed by atoms with Crippen LogP contribution in [0.5, 0.6) is 0 Å². The first-order valence-corrected chi connectivity index (χ1v) is 10.6. The smallest absolute Gasteiger partial charge is 0.314 e. The number of nitro benzene ring substituents is 1. The van der Waals surface area contributed by atoms with Crippen LogP contribution in [0.3, 0.4) is 0 Å². The highest BCUT2D eigenvalue weighted by Crippen LogP contribution is 2.55. The van der Waals surface area contributed by atoms with Gasteiger partial charge in [0.2, 0.25) is 0 Å². The summed E-state index contributed by atoms with van der Waals surface area (Å²) in [6, 6.07) is 11.4. The summed E-state index contributed by atoms with van der Waals surface area (Å²) in [6.45, 7) is 0. The molecule has 0 bridgehead atoms. The third-order valence-corrected chi connectivity index (χ3v) is 6.90. The first-order valence-electron chi connectivity index (χ1n) is 9.08. The molecule has 2 atom stereocenters. The third kappa shape index (κ3) is 3.48. The molecule has 1 heterocycles. The van der Waals surface area contributed by atoms with Crippen molar-refractivity contribution in [3.05, 3.63) is 69.8 Å². The summed E-state index contributed by atoms with van der Waals surface area (Å²) in [7, 11) is -3.94. The molecule has 0 spiro atoms. The van der Waals surface area contributed by atoms with E-state index in [0.717, 1.165) is 0 Å². The lowest BCUT2D eigenvalue weighted by molar-refractivity contribution is -0.384. The van der Waals surface area contributed by atoms with Crippen molar-refractivity contribution in [1.29, 1.82) is 0 Å². The third-order valence-electron chi connectivity index (χ3n) is 5.56. The van der Waals surface area contributed by atoms with Crippen molar-refractivity contribution in [2.45, 2.75) is 29.1 Å². The van der Waals surface area contributed by atoms with Crippen LogP contribution in [0.15, 0.2) is 53.4 Å². The van der Waals surface area contributed by atoms with E-state index in [9.17, 15) is 28.4 Å². The van der Waals surface area contributed by atoms with Gasteiger partial charge < -0.3 is 5.11 Å². The summed E-state index contributed by atoms with van der Waals surface area (Å²) >= 11 is 0. The van der Waals surface area contributed by atoms with E-state index in [1.54, 1.807) is 12.1 Å². The van der Waals surface area contributed by atoms with Crippen LogP contribution in [-0.4, -0.2) is 45.0 Å². The molecule has 2 unspecified atom stereocenters. The zero-order valence-electron chi connectivity index (χ0n) is 15.8. The molecule has 0 aliphatic heterocycles. The van der Waals surface area contributed by atoms with E-state index >= 15 is 0 Å². The van der Waals surface area contributed by atoms with Gasteiger partial charge in [0.1, 0.15) is 0 Å². The topological polar surface area (TPSA) is 181 Å². The van der Waals surface area contributed by atoms with Gasteiger partial charge in [0.05, 0.1) is 15.2 Å². The molecule has 12 nitrogen and oxygen atoms in total. The normalized spacial score (nSPS) is 20.6. The largest absolute Gasteiger partial charge is 0.481 e. The van der Waals surface area contributed by atoms with Crippen LogP contribution in [0, 0.1) is 10.1 Å². The zero-order valence-corrected chi connectivity index (χ0v) is 16.6. The van der Waals surface area contributed by atoms with Crippen LogP contribution in [0.25, 0.3) is 0 Å². The molecule has 1 saturated carbocycles. The average molecular weight is 444 g/mol. The molecule has 31 heavy (non-hydrogen) atoms. The Bertz CT molecular complexity index is 1230. The number of nitro groups is 1. The van der Waals surface area contributed by atoms with Crippen molar-refractivity contribution in [3.8, 4) is 0 Å². The number of tetrazole rings is 1. The lowest BCUT2D eigenvalue weighted by atomic mass is 9.54. The number of carboxylic acids is 1. The van der Waals surface area contributed by atoms with Gasteiger partial charge in [-0.15, -0.1) is 5.10 Å². The number of H-pyrrole nitrogens is 1. The second kappa shape index (κ2) is 7.43. The van der Waals surface area contributed by atoms with Gasteiger partial charge in [-0.05, 0) is 41.3 Å². The van der Waals surface area contributed by atoms with Gasteiger partial charge in [-0.2, -0.15) is 5.21 Å².